The first-order valence-corrected chi connectivity index (χ1v) is 27.6. The Bertz CT molecular complexity index is 4030. The Labute approximate surface area is 514 Å². The Kier molecular flexibility index (Phi) is 19.5. The summed E-state index contributed by atoms with van der Waals surface area (Å²) in [5.74, 6) is 14.9. The molecular formula is C68H59F6N7O9. The van der Waals surface area contributed by atoms with Gasteiger partial charge < -0.3 is 21.3 Å². The Balaban J connectivity index is 1.51. The topological polar surface area (TPSA) is 229 Å². The van der Waals surface area contributed by atoms with Crippen molar-refractivity contribution in [2.45, 2.75) is 111 Å². The zero-order valence-electron chi connectivity index (χ0n) is 50.3. The van der Waals surface area contributed by atoms with Gasteiger partial charge in [-0.15, -0.1) is 0 Å². The first kappa shape index (κ1) is 66.7. The number of amides is 4. The SMILES string of the molecule is Cc1c(C#Cc2cc(C(C)(C)C)ccc2CC(=O)Cc2ccc([N+](=O)[O-])cc2)c(C(F)(F)F)c(C#Cc2cc(C(C)(C)C)ccc2NC(=O)Nc2ccc([N+](=O)[O-])cc2)c(C(F)(F)F)c1C#Cc1cc(C(C)(C)C)ccc1NC(=O)Nc1ccc([N+](=O)[O-])cc1. The lowest BCUT2D eigenvalue weighted by Crippen LogP contribution is -2.21. The highest BCUT2D eigenvalue weighted by Crippen LogP contribution is 2.45. The van der Waals surface area contributed by atoms with Crippen molar-refractivity contribution in [2.24, 2.45) is 0 Å². The van der Waals surface area contributed by atoms with Crippen LogP contribution >= 0.6 is 0 Å². The van der Waals surface area contributed by atoms with E-state index in [2.05, 4.69) is 56.8 Å². The number of carbonyl (C=O) groups is 3. The number of alkyl halides is 6. The highest BCUT2D eigenvalue weighted by molar-refractivity contribution is 6.01. The van der Waals surface area contributed by atoms with Crippen molar-refractivity contribution in [1.82, 2.24) is 0 Å². The van der Waals surface area contributed by atoms with Crippen molar-refractivity contribution in [3.63, 3.8) is 0 Å². The molecule has 16 nitrogen and oxygen atoms in total. The molecule has 0 bridgehead atoms. The fourth-order valence-corrected chi connectivity index (χ4v) is 9.17. The molecule has 0 aliphatic heterocycles. The van der Waals surface area contributed by atoms with Gasteiger partial charge in [-0.25, -0.2) is 9.59 Å². The number of benzene rings is 7. The summed E-state index contributed by atoms with van der Waals surface area (Å²) in [6.07, 6.45) is -11.8. The maximum absolute atomic E-state index is 16.3. The Morgan fingerprint density at radius 1 is 0.422 bits per heavy atom. The van der Waals surface area contributed by atoms with Crippen molar-refractivity contribution in [1.29, 1.82) is 0 Å². The minimum atomic E-state index is -5.65. The van der Waals surface area contributed by atoms with Crippen LogP contribution in [0.15, 0.2) is 127 Å². The Morgan fingerprint density at radius 2 is 0.756 bits per heavy atom. The van der Waals surface area contributed by atoms with Gasteiger partial charge in [0.25, 0.3) is 17.1 Å². The van der Waals surface area contributed by atoms with Crippen molar-refractivity contribution in [3.05, 3.63) is 236 Å². The van der Waals surface area contributed by atoms with Crippen LogP contribution in [-0.2, 0) is 46.2 Å². The number of hydrogen-bond acceptors (Lipinski definition) is 9. The number of non-ortho nitro benzene ring substituents is 3. The predicted octanol–water partition coefficient (Wildman–Crippen LogP) is 16.5. The van der Waals surface area contributed by atoms with Crippen molar-refractivity contribution >= 4 is 57.7 Å². The molecule has 0 aromatic heterocycles. The van der Waals surface area contributed by atoms with Gasteiger partial charge in [-0.3, -0.25) is 35.1 Å². The third-order valence-electron chi connectivity index (χ3n) is 14.1. The summed E-state index contributed by atoms with van der Waals surface area (Å²) in [5, 5.41) is 44.0. The zero-order chi connectivity index (χ0) is 66.4. The van der Waals surface area contributed by atoms with E-state index in [0.717, 1.165) is 31.2 Å². The lowest BCUT2D eigenvalue weighted by Gasteiger charge is -2.22. The summed E-state index contributed by atoms with van der Waals surface area (Å²) >= 11 is 0. The molecule has 7 rings (SSSR count). The maximum atomic E-state index is 16.3. The normalized spacial score (nSPS) is 11.6. The summed E-state index contributed by atoms with van der Waals surface area (Å²) in [5.41, 5.74) is -8.58. The second-order valence-electron chi connectivity index (χ2n) is 24.0. The molecule has 0 atom stereocenters. The summed E-state index contributed by atoms with van der Waals surface area (Å²) in [6, 6.07) is 26.7. The van der Waals surface area contributed by atoms with E-state index in [0.29, 0.717) is 22.3 Å². The first-order valence-electron chi connectivity index (χ1n) is 27.6. The summed E-state index contributed by atoms with van der Waals surface area (Å²) in [4.78, 5) is 72.7. The number of halogens is 6. The van der Waals surface area contributed by atoms with E-state index >= 15 is 26.3 Å². The van der Waals surface area contributed by atoms with Gasteiger partial charge in [0, 0.05) is 88.4 Å². The molecule has 0 saturated heterocycles. The predicted molar refractivity (Wildman–Crippen MR) is 332 cm³/mol. The smallest absolute Gasteiger partial charge is 0.308 e. The number of nitrogens with one attached hydrogen (secondary N) is 4. The van der Waals surface area contributed by atoms with E-state index in [4.69, 9.17) is 0 Å². The number of Topliss-reactive ketones (excluding diaryl/α,β-unsaturated/α-hetero) is 1. The third kappa shape index (κ3) is 16.8. The monoisotopic (exact) mass is 1230 g/mol. The third-order valence-corrected chi connectivity index (χ3v) is 14.1. The summed E-state index contributed by atoms with van der Waals surface area (Å²) in [6.45, 7) is 17.4. The summed E-state index contributed by atoms with van der Waals surface area (Å²) < 4.78 is 98.0. The number of hydrogen-bond donors (Lipinski definition) is 4. The molecule has 4 N–H and O–H groups in total. The molecule has 0 saturated carbocycles. The molecule has 0 spiro atoms. The van der Waals surface area contributed by atoms with Gasteiger partial charge in [0.2, 0.25) is 0 Å². The lowest BCUT2D eigenvalue weighted by atomic mass is 9.84. The van der Waals surface area contributed by atoms with Crippen LogP contribution in [0.3, 0.4) is 0 Å². The number of nitro benzene ring substituents is 3. The van der Waals surface area contributed by atoms with Crippen LogP contribution in [0.5, 0.6) is 0 Å². The van der Waals surface area contributed by atoms with Crippen molar-refractivity contribution < 1.29 is 55.5 Å². The number of ketones is 1. The number of carbonyl (C=O) groups excluding carboxylic acids is 3. The molecule has 7 aromatic carbocycles. The minimum absolute atomic E-state index is 0.0515. The standard InChI is InChI=1S/C68H59F6N7O9/c1-40-55(30-14-42-36-46(64(2,3)4)17-13-43(42)39-54(82)35-41-11-24-51(25-12-41)79(85)86)60(67(69,70)71)57(32-16-45-38-48(66(8,9)10)19-34-59(45)78-63(84)76-50-22-28-53(29-23-50)81(89)90)61(68(72,73)74)56(40)31-15-44-37-47(65(5,6)7)18-33-58(44)77-62(83)75-49-20-26-52(27-21-49)80(87)88/h11-13,17-29,33-34,36-38H,35,39H2,1-10H3,(H2,75,77,83)(H2,76,78,84). The van der Waals surface area contributed by atoms with Gasteiger partial charge in [0.15, 0.2) is 0 Å². The van der Waals surface area contributed by atoms with Crippen LogP contribution in [0.4, 0.5) is 75.7 Å². The molecular weight excluding hydrogens is 1170 g/mol. The molecule has 4 amide bonds. The number of rotatable bonds is 11. The van der Waals surface area contributed by atoms with Gasteiger partial charge in [-0.05, 0) is 111 Å². The average Bonchev–Trinajstić information content (AvgIpc) is 0.741. The molecule has 462 valence electrons. The average molecular weight is 1230 g/mol. The second kappa shape index (κ2) is 26.3. The number of nitro groups is 3. The summed E-state index contributed by atoms with van der Waals surface area (Å²) in [7, 11) is 0. The quantitative estimate of drug-likeness (QED) is 0.0417. The second-order valence-corrected chi connectivity index (χ2v) is 24.0. The number of anilines is 4. The molecule has 0 radical (unpaired) electrons. The van der Waals surface area contributed by atoms with E-state index in [1.54, 1.807) is 51.1 Å². The van der Waals surface area contributed by atoms with E-state index < -0.39 is 94.6 Å². The van der Waals surface area contributed by atoms with Crippen molar-refractivity contribution in [2.75, 3.05) is 21.3 Å². The zero-order valence-corrected chi connectivity index (χ0v) is 50.3. The minimum Gasteiger partial charge on any atom is -0.308 e. The van der Waals surface area contributed by atoms with Gasteiger partial charge in [-0.1, -0.05) is 134 Å². The largest absolute Gasteiger partial charge is 0.418 e. The molecule has 7 aromatic rings. The van der Waals surface area contributed by atoms with Crippen LogP contribution in [0, 0.1) is 72.8 Å². The van der Waals surface area contributed by atoms with Crippen LogP contribution < -0.4 is 21.3 Å². The lowest BCUT2D eigenvalue weighted by molar-refractivity contribution is -0.385. The Morgan fingerprint density at radius 3 is 1.11 bits per heavy atom. The maximum Gasteiger partial charge on any atom is 0.418 e. The molecule has 0 fully saturated rings. The van der Waals surface area contributed by atoms with E-state index in [9.17, 15) is 44.7 Å². The highest BCUT2D eigenvalue weighted by atomic mass is 19.4. The fourth-order valence-electron chi connectivity index (χ4n) is 9.17. The van der Waals surface area contributed by atoms with Gasteiger partial charge in [0.1, 0.15) is 5.78 Å². The number of nitrogens with zero attached hydrogens (tertiary/aromatic N) is 3. The van der Waals surface area contributed by atoms with E-state index in [1.807, 2.05) is 41.5 Å². The highest BCUT2D eigenvalue weighted by Gasteiger charge is 2.45. The molecule has 0 unspecified atom stereocenters. The molecule has 0 aliphatic rings. The molecule has 22 heteroatoms. The number of urea groups is 2. The van der Waals surface area contributed by atoms with Crippen molar-refractivity contribution in [3.8, 4) is 35.5 Å². The van der Waals surface area contributed by atoms with Crippen LogP contribution in [0.1, 0.15) is 140 Å². The van der Waals surface area contributed by atoms with Gasteiger partial charge in [-0.2, -0.15) is 26.3 Å². The molecule has 0 aliphatic carbocycles. The van der Waals surface area contributed by atoms with Gasteiger partial charge in [0.05, 0.1) is 42.8 Å². The van der Waals surface area contributed by atoms with E-state index in [-0.39, 0.29) is 74.9 Å². The van der Waals surface area contributed by atoms with E-state index in [1.165, 1.54) is 72.8 Å². The van der Waals surface area contributed by atoms with Gasteiger partial charge >= 0.3 is 24.4 Å². The van der Waals surface area contributed by atoms with Crippen LogP contribution in [0.2, 0.25) is 0 Å². The molecule has 90 heavy (non-hydrogen) atoms. The van der Waals surface area contributed by atoms with Crippen LogP contribution in [0.25, 0.3) is 0 Å². The first-order chi connectivity index (χ1) is 41.9. The fraction of sp³-hybridized carbons (Fsp3) is 0.250. The van der Waals surface area contributed by atoms with Crippen LogP contribution in [-0.4, -0.2) is 32.6 Å². The molecule has 0 heterocycles. The Hall–Kier alpha value is -10.8.